The zero-order valence-corrected chi connectivity index (χ0v) is 19.6. The van der Waals surface area contributed by atoms with Crippen molar-refractivity contribution >= 4 is 11.9 Å². The fourth-order valence-electron chi connectivity index (χ4n) is 4.03. The lowest BCUT2D eigenvalue weighted by atomic mass is 9.87. The van der Waals surface area contributed by atoms with E-state index in [1.165, 1.54) is 0 Å². The van der Waals surface area contributed by atoms with Gasteiger partial charge in [0.1, 0.15) is 0 Å². The van der Waals surface area contributed by atoms with E-state index in [0.29, 0.717) is 55.1 Å². The Morgan fingerprint density at radius 2 is 2.12 bits per heavy atom. The van der Waals surface area contributed by atoms with E-state index in [1.54, 1.807) is 29.3 Å². The Morgan fingerprint density at radius 3 is 2.88 bits per heavy atom. The van der Waals surface area contributed by atoms with Crippen molar-refractivity contribution in [3.05, 3.63) is 36.0 Å². The first kappa shape index (κ1) is 23.4. The number of nitrogens with zero attached hydrogens (tertiary/aromatic N) is 6. The molecule has 0 unspecified atom stereocenters. The highest BCUT2D eigenvalue weighted by Crippen LogP contribution is 2.30. The molecule has 0 radical (unpaired) electrons. The number of carboxylic acids is 1. The minimum absolute atomic E-state index is 0.145. The Kier molecular flexibility index (Phi) is 7.19. The van der Waals surface area contributed by atoms with Crippen LogP contribution in [-0.4, -0.2) is 53.5 Å². The first-order valence-electron chi connectivity index (χ1n) is 11.4. The van der Waals surface area contributed by atoms with Crippen LogP contribution < -0.4 is 14.8 Å². The van der Waals surface area contributed by atoms with Crippen LogP contribution in [-0.2, 0) is 18.4 Å². The molecule has 11 heteroatoms. The molecule has 4 rings (SSSR count). The molecule has 1 aliphatic rings. The van der Waals surface area contributed by atoms with Crippen molar-refractivity contribution in [2.75, 3.05) is 11.9 Å². The topological polar surface area (TPSA) is 137 Å². The van der Waals surface area contributed by atoms with Crippen molar-refractivity contribution in [3.8, 4) is 23.0 Å². The molecule has 0 saturated heterocycles. The standard InChI is InChI=1S/C23H29N7O4/c1-4-33-20-8-9-24-23(29-20)26-12-18-17(11-27-30(18)3)21-25-13-19(14(2)28-21)34-16-7-5-6-15(10-16)22(31)32/h8-9,11,13,15-16H,4-7,10,12H2,1-3H3,(H,31,32)(H,24,26,29)/t15-,16-/m0/s1. The number of hydrogen-bond donors (Lipinski definition) is 2. The Bertz CT molecular complexity index is 1150. The number of aryl methyl sites for hydroxylation is 2. The Labute approximate surface area is 197 Å². The Hall–Kier alpha value is -3.76. The summed E-state index contributed by atoms with van der Waals surface area (Å²) in [6.07, 6.45) is 7.74. The fourth-order valence-corrected chi connectivity index (χ4v) is 4.03. The average Bonchev–Trinajstić information content (AvgIpc) is 3.20. The average molecular weight is 468 g/mol. The zero-order chi connectivity index (χ0) is 24.1. The van der Waals surface area contributed by atoms with Crippen LogP contribution in [0.3, 0.4) is 0 Å². The van der Waals surface area contributed by atoms with Gasteiger partial charge in [-0.25, -0.2) is 15.0 Å². The molecule has 3 aromatic heterocycles. The molecule has 0 aliphatic heterocycles. The molecular formula is C23H29N7O4. The quantitative estimate of drug-likeness (QED) is 0.483. The number of anilines is 1. The highest BCUT2D eigenvalue weighted by atomic mass is 16.5. The number of aromatic nitrogens is 6. The minimum atomic E-state index is -0.760. The van der Waals surface area contributed by atoms with E-state index in [9.17, 15) is 9.90 Å². The van der Waals surface area contributed by atoms with Crippen molar-refractivity contribution in [1.29, 1.82) is 0 Å². The molecule has 0 bridgehead atoms. The second kappa shape index (κ2) is 10.4. The third kappa shape index (κ3) is 5.41. The van der Waals surface area contributed by atoms with Crippen LogP contribution in [0.25, 0.3) is 11.4 Å². The van der Waals surface area contributed by atoms with Crippen LogP contribution in [0.15, 0.2) is 24.7 Å². The lowest BCUT2D eigenvalue weighted by Gasteiger charge is -2.27. The molecule has 2 N–H and O–H groups in total. The predicted octanol–water partition coefficient (Wildman–Crippen LogP) is 3.01. The Morgan fingerprint density at radius 1 is 1.26 bits per heavy atom. The van der Waals surface area contributed by atoms with Gasteiger partial charge >= 0.3 is 5.97 Å². The number of rotatable bonds is 9. The van der Waals surface area contributed by atoms with Crippen LogP contribution in [0.1, 0.15) is 44.0 Å². The third-order valence-electron chi connectivity index (χ3n) is 5.84. The maximum absolute atomic E-state index is 11.3. The normalized spacial score (nSPS) is 17.9. The number of ether oxygens (including phenoxy) is 2. The lowest BCUT2D eigenvalue weighted by molar-refractivity contribution is -0.143. The first-order chi connectivity index (χ1) is 16.4. The van der Waals surface area contributed by atoms with Gasteiger partial charge in [-0.05, 0) is 39.5 Å². The zero-order valence-electron chi connectivity index (χ0n) is 19.6. The molecule has 0 spiro atoms. The van der Waals surface area contributed by atoms with E-state index >= 15 is 0 Å². The van der Waals surface area contributed by atoms with Crippen LogP contribution in [0, 0.1) is 12.8 Å². The summed E-state index contributed by atoms with van der Waals surface area (Å²) in [6.45, 7) is 4.71. The van der Waals surface area contributed by atoms with Gasteiger partial charge in [0.2, 0.25) is 11.8 Å². The summed E-state index contributed by atoms with van der Waals surface area (Å²) in [6, 6.07) is 1.71. The second-order valence-electron chi connectivity index (χ2n) is 8.22. The van der Waals surface area contributed by atoms with Gasteiger partial charge in [0.25, 0.3) is 0 Å². The summed E-state index contributed by atoms with van der Waals surface area (Å²) in [5.74, 6) is 0.945. The van der Waals surface area contributed by atoms with Crippen molar-refractivity contribution in [2.24, 2.45) is 13.0 Å². The van der Waals surface area contributed by atoms with Gasteiger partial charge < -0.3 is 19.9 Å². The van der Waals surface area contributed by atoms with Gasteiger partial charge in [0, 0.05) is 19.3 Å². The molecule has 180 valence electrons. The molecular weight excluding hydrogens is 438 g/mol. The molecule has 3 aromatic rings. The summed E-state index contributed by atoms with van der Waals surface area (Å²) < 4.78 is 13.3. The molecule has 34 heavy (non-hydrogen) atoms. The third-order valence-corrected chi connectivity index (χ3v) is 5.84. The summed E-state index contributed by atoms with van der Waals surface area (Å²) >= 11 is 0. The van der Waals surface area contributed by atoms with Gasteiger partial charge in [-0.2, -0.15) is 10.1 Å². The summed E-state index contributed by atoms with van der Waals surface area (Å²) in [5.41, 5.74) is 2.35. The maximum Gasteiger partial charge on any atom is 0.306 e. The van der Waals surface area contributed by atoms with Crippen LogP contribution in [0.4, 0.5) is 5.95 Å². The number of carboxylic acid groups (broad SMARTS) is 1. The predicted molar refractivity (Wildman–Crippen MR) is 124 cm³/mol. The van der Waals surface area contributed by atoms with E-state index < -0.39 is 5.97 Å². The molecule has 3 heterocycles. The van der Waals surface area contributed by atoms with Gasteiger partial charge in [0.05, 0.1) is 54.5 Å². The number of hydrogen-bond acceptors (Lipinski definition) is 9. The second-order valence-corrected chi connectivity index (χ2v) is 8.22. The van der Waals surface area contributed by atoms with E-state index in [4.69, 9.17) is 9.47 Å². The molecule has 0 aromatic carbocycles. The SMILES string of the molecule is CCOc1ccnc(NCc2c(-c3ncc(O[C@H]4CCC[C@H](C(=O)O)C4)c(C)n3)cnn2C)n1. The summed E-state index contributed by atoms with van der Waals surface area (Å²) in [5, 5.41) is 16.9. The number of carbonyl (C=O) groups is 1. The largest absolute Gasteiger partial charge is 0.487 e. The molecule has 1 aliphatic carbocycles. The van der Waals surface area contributed by atoms with Crippen LogP contribution in [0.2, 0.25) is 0 Å². The molecule has 1 fully saturated rings. The molecule has 1 saturated carbocycles. The van der Waals surface area contributed by atoms with Gasteiger partial charge in [-0.15, -0.1) is 0 Å². The number of aliphatic carboxylic acids is 1. The van der Waals surface area contributed by atoms with Crippen LogP contribution >= 0.6 is 0 Å². The first-order valence-corrected chi connectivity index (χ1v) is 11.4. The summed E-state index contributed by atoms with van der Waals surface area (Å²) in [7, 11) is 1.85. The van der Waals surface area contributed by atoms with Gasteiger partial charge in [-0.3, -0.25) is 9.48 Å². The van der Waals surface area contributed by atoms with E-state index in [1.807, 2.05) is 20.9 Å². The van der Waals surface area contributed by atoms with Crippen molar-refractivity contribution in [1.82, 2.24) is 29.7 Å². The fraction of sp³-hybridized carbons (Fsp3) is 0.478. The Balaban J connectivity index is 1.47. The minimum Gasteiger partial charge on any atom is -0.487 e. The monoisotopic (exact) mass is 467 g/mol. The highest BCUT2D eigenvalue weighted by molar-refractivity contribution is 5.70. The van der Waals surface area contributed by atoms with E-state index in [-0.39, 0.29) is 12.0 Å². The number of nitrogens with one attached hydrogen (secondary N) is 1. The van der Waals surface area contributed by atoms with Crippen molar-refractivity contribution in [3.63, 3.8) is 0 Å². The molecule has 2 atom stereocenters. The maximum atomic E-state index is 11.3. The van der Waals surface area contributed by atoms with Crippen molar-refractivity contribution < 1.29 is 19.4 Å². The lowest BCUT2D eigenvalue weighted by Crippen LogP contribution is -2.29. The highest BCUT2D eigenvalue weighted by Gasteiger charge is 2.28. The smallest absolute Gasteiger partial charge is 0.306 e. The van der Waals surface area contributed by atoms with Gasteiger partial charge in [-0.1, -0.05) is 0 Å². The van der Waals surface area contributed by atoms with Crippen molar-refractivity contribution in [2.45, 2.75) is 52.2 Å². The van der Waals surface area contributed by atoms with E-state index in [2.05, 4.69) is 30.4 Å². The van der Waals surface area contributed by atoms with Crippen LogP contribution in [0.5, 0.6) is 11.6 Å². The molecule has 0 amide bonds. The van der Waals surface area contributed by atoms with Gasteiger partial charge in [0.15, 0.2) is 11.6 Å². The van der Waals surface area contributed by atoms with E-state index in [0.717, 1.165) is 24.1 Å². The molecule has 11 nitrogen and oxygen atoms in total. The summed E-state index contributed by atoms with van der Waals surface area (Å²) in [4.78, 5) is 29.1.